The summed E-state index contributed by atoms with van der Waals surface area (Å²) in [5.74, 6) is -1.62. The molecule has 0 amide bonds. The molecule has 2 aliphatic rings. The average Bonchev–Trinajstić information content (AvgIpc) is 3.02. The van der Waals surface area contributed by atoms with Crippen LogP contribution in [0.15, 0.2) is 107 Å². The summed E-state index contributed by atoms with van der Waals surface area (Å²) in [6, 6.07) is 28.6. The molecule has 224 valence electrons. The summed E-state index contributed by atoms with van der Waals surface area (Å²) >= 11 is 6.31. The number of halogens is 1. The number of ether oxygens (including phenoxy) is 2. The first-order valence-electron chi connectivity index (χ1n) is 14.6. The lowest BCUT2D eigenvalue weighted by atomic mass is 9.80. The Morgan fingerprint density at radius 1 is 0.837 bits per heavy atom. The van der Waals surface area contributed by atoms with Crippen LogP contribution in [0.4, 0.5) is 0 Å². The standard InChI is InChI=1S/C35H38ClN3O4/c1-24-30(34(40)42-3)32(28-15-10-16-29(36)23-28)31(25(2)37-24)35(41)43-22-21-38-17-19-39(20-18-38)33(26-11-6-4-7-12-26)27-13-8-5-9-14-27/h4-16,23,32-33,37H,17-22H2,1-3H3. The summed E-state index contributed by atoms with van der Waals surface area (Å²) in [5, 5.41) is 3.70. The Labute approximate surface area is 258 Å². The molecule has 0 saturated carbocycles. The van der Waals surface area contributed by atoms with Gasteiger partial charge in [0.15, 0.2) is 0 Å². The molecule has 0 radical (unpaired) electrons. The van der Waals surface area contributed by atoms with Crippen molar-refractivity contribution in [3.05, 3.63) is 129 Å². The number of rotatable bonds is 9. The van der Waals surface area contributed by atoms with Crippen molar-refractivity contribution in [3.8, 4) is 0 Å². The number of hydrogen-bond donors (Lipinski definition) is 1. The summed E-state index contributed by atoms with van der Waals surface area (Å²) in [5.41, 5.74) is 5.31. The number of methoxy groups -OCH3 is 1. The second-order valence-electron chi connectivity index (χ2n) is 10.9. The monoisotopic (exact) mass is 599 g/mol. The van der Waals surface area contributed by atoms with Crippen LogP contribution >= 0.6 is 11.6 Å². The fraction of sp³-hybridized carbons (Fsp3) is 0.314. The summed E-state index contributed by atoms with van der Waals surface area (Å²) in [4.78, 5) is 31.3. The quantitative estimate of drug-likeness (QED) is 0.317. The molecule has 1 atom stereocenters. The second kappa shape index (κ2) is 14.0. The normalized spacial score (nSPS) is 18.0. The lowest BCUT2D eigenvalue weighted by molar-refractivity contribution is -0.140. The molecule has 2 heterocycles. The van der Waals surface area contributed by atoms with Crippen molar-refractivity contribution in [2.75, 3.05) is 46.4 Å². The first-order chi connectivity index (χ1) is 20.9. The van der Waals surface area contributed by atoms with E-state index >= 15 is 0 Å². The van der Waals surface area contributed by atoms with Crippen molar-refractivity contribution in [3.63, 3.8) is 0 Å². The predicted octanol–water partition coefficient (Wildman–Crippen LogP) is 5.70. The average molecular weight is 600 g/mol. The molecule has 43 heavy (non-hydrogen) atoms. The third-order valence-corrected chi connectivity index (χ3v) is 8.45. The van der Waals surface area contributed by atoms with Crippen LogP contribution in [0.5, 0.6) is 0 Å². The van der Waals surface area contributed by atoms with Crippen LogP contribution in [-0.2, 0) is 19.1 Å². The Morgan fingerprint density at radius 2 is 1.42 bits per heavy atom. The van der Waals surface area contributed by atoms with Crippen LogP contribution in [-0.4, -0.2) is 68.2 Å². The Kier molecular flexibility index (Phi) is 9.97. The number of carbonyl (C=O) groups excluding carboxylic acids is 2. The Balaban J connectivity index is 1.24. The van der Waals surface area contributed by atoms with Crippen LogP contribution in [0.3, 0.4) is 0 Å². The van der Waals surface area contributed by atoms with Gasteiger partial charge in [-0.25, -0.2) is 9.59 Å². The highest BCUT2D eigenvalue weighted by molar-refractivity contribution is 6.30. The van der Waals surface area contributed by atoms with E-state index in [0.29, 0.717) is 34.1 Å². The largest absolute Gasteiger partial charge is 0.466 e. The van der Waals surface area contributed by atoms with Gasteiger partial charge in [-0.1, -0.05) is 84.4 Å². The van der Waals surface area contributed by atoms with Crippen LogP contribution in [0, 0.1) is 0 Å². The minimum absolute atomic E-state index is 0.194. The van der Waals surface area contributed by atoms with E-state index in [4.69, 9.17) is 21.1 Å². The van der Waals surface area contributed by atoms with Gasteiger partial charge in [-0.05, 0) is 42.7 Å². The molecule has 0 aliphatic carbocycles. The summed E-state index contributed by atoms with van der Waals surface area (Å²) in [7, 11) is 1.34. The zero-order valence-electron chi connectivity index (χ0n) is 24.9. The molecule has 0 spiro atoms. The molecule has 5 rings (SSSR count). The molecule has 8 heteroatoms. The van der Waals surface area contributed by atoms with Crippen LogP contribution < -0.4 is 5.32 Å². The lowest BCUT2D eigenvalue weighted by Gasteiger charge is -2.39. The van der Waals surface area contributed by atoms with E-state index in [1.807, 2.05) is 19.1 Å². The molecule has 1 N–H and O–H groups in total. The Morgan fingerprint density at radius 3 is 1.98 bits per heavy atom. The van der Waals surface area contributed by atoms with E-state index in [9.17, 15) is 9.59 Å². The van der Waals surface area contributed by atoms with E-state index in [1.54, 1.807) is 19.1 Å². The van der Waals surface area contributed by atoms with Gasteiger partial charge in [-0.2, -0.15) is 0 Å². The number of nitrogens with one attached hydrogen (secondary N) is 1. The number of allylic oxidation sites excluding steroid dienone is 2. The number of hydrogen-bond acceptors (Lipinski definition) is 7. The topological polar surface area (TPSA) is 71.1 Å². The Hall–Kier alpha value is -3.91. The zero-order chi connectivity index (χ0) is 30.3. The zero-order valence-corrected chi connectivity index (χ0v) is 25.6. The number of nitrogens with zero attached hydrogens (tertiary/aromatic N) is 2. The summed E-state index contributed by atoms with van der Waals surface area (Å²) < 4.78 is 10.9. The molecule has 2 aliphatic heterocycles. The second-order valence-corrected chi connectivity index (χ2v) is 11.4. The number of carbonyl (C=O) groups is 2. The third kappa shape index (κ3) is 7.02. The maximum atomic E-state index is 13.6. The van der Waals surface area contributed by atoms with Gasteiger partial charge < -0.3 is 14.8 Å². The van der Waals surface area contributed by atoms with Crippen molar-refractivity contribution in [1.29, 1.82) is 0 Å². The highest BCUT2D eigenvalue weighted by atomic mass is 35.5. The smallest absolute Gasteiger partial charge is 0.336 e. The van der Waals surface area contributed by atoms with E-state index in [0.717, 1.165) is 31.7 Å². The molecule has 7 nitrogen and oxygen atoms in total. The van der Waals surface area contributed by atoms with Gasteiger partial charge in [0.2, 0.25) is 0 Å². The van der Waals surface area contributed by atoms with E-state index in [2.05, 4.69) is 75.8 Å². The first-order valence-corrected chi connectivity index (χ1v) is 15.0. The van der Waals surface area contributed by atoms with Gasteiger partial charge in [0.05, 0.1) is 30.2 Å². The minimum atomic E-state index is -0.656. The van der Waals surface area contributed by atoms with Crippen LogP contribution in [0.1, 0.15) is 42.5 Å². The van der Waals surface area contributed by atoms with Crippen molar-refractivity contribution in [2.45, 2.75) is 25.8 Å². The number of esters is 2. The van der Waals surface area contributed by atoms with Gasteiger partial charge in [0.25, 0.3) is 0 Å². The van der Waals surface area contributed by atoms with Crippen molar-refractivity contribution in [2.24, 2.45) is 0 Å². The van der Waals surface area contributed by atoms with Crippen LogP contribution in [0.2, 0.25) is 5.02 Å². The van der Waals surface area contributed by atoms with Gasteiger partial charge in [-0.3, -0.25) is 9.80 Å². The highest BCUT2D eigenvalue weighted by Crippen LogP contribution is 2.40. The van der Waals surface area contributed by atoms with Gasteiger partial charge in [-0.15, -0.1) is 0 Å². The molecule has 0 bridgehead atoms. The lowest BCUT2D eigenvalue weighted by Crippen LogP contribution is -2.48. The maximum Gasteiger partial charge on any atom is 0.336 e. The molecule has 0 aromatic heterocycles. The van der Waals surface area contributed by atoms with Gasteiger partial charge in [0, 0.05) is 49.1 Å². The van der Waals surface area contributed by atoms with E-state index < -0.39 is 17.9 Å². The molecular weight excluding hydrogens is 562 g/mol. The maximum absolute atomic E-state index is 13.6. The summed E-state index contributed by atoms with van der Waals surface area (Å²) in [6.45, 7) is 8.04. The van der Waals surface area contributed by atoms with E-state index in [-0.39, 0.29) is 12.6 Å². The van der Waals surface area contributed by atoms with E-state index in [1.165, 1.54) is 18.2 Å². The molecule has 1 unspecified atom stereocenters. The third-order valence-electron chi connectivity index (χ3n) is 8.21. The van der Waals surface area contributed by atoms with Gasteiger partial charge in [0.1, 0.15) is 6.61 Å². The molecule has 3 aromatic carbocycles. The number of dihydropyridines is 1. The number of benzene rings is 3. The molecule has 3 aromatic rings. The van der Waals surface area contributed by atoms with Crippen molar-refractivity contribution >= 4 is 23.5 Å². The van der Waals surface area contributed by atoms with Crippen molar-refractivity contribution < 1.29 is 19.1 Å². The van der Waals surface area contributed by atoms with Crippen LogP contribution in [0.25, 0.3) is 0 Å². The Bertz CT molecular complexity index is 1460. The van der Waals surface area contributed by atoms with Gasteiger partial charge >= 0.3 is 11.9 Å². The predicted molar refractivity (Wildman–Crippen MR) is 168 cm³/mol. The molecule has 1 saturated heterocycles. The minimum Gasteiger partial charge on any atom is -0.466 e. The highest BCUT2D eigenvalue weighted by Gasteiger charge is 2.38. The SMILES string of the molecule is COC(=O)C1=C(C)NC(C)=C(C(=O)OCCN2CCN(C(c3ccccc3)c3ccccc3)CC2)C1c1cccc(Cl)c1. The summed E-state index contributed by atoms with van der Waals surface area (Å²) in [6.07, 6.45) is 0. The number of piperazine rings is 1. The fourth-order valence-electron chi connectivity index (χ4n) is 6.14. The van der Waals surface area contributed by atoms with Crippen molar-refractivity contribution in [1.82, 2.24) is 15.1 Å². The molecular formula is C35H38ClN3O4. The first kappa shape index (κ1) is 30.5. The fourth-order valence-corrected chi connectivity index (χ4v) is 6.34. The molecule has 1 fully saturated rings.